The second kappa shape index (κ2) is 13.4. The molecule has 2 aromatic heterocycles. The van der Waals surface area contributed by atoms with Crippen molar-refractivity contribution in [2.75, 3.05) is 0 Å². The monoisotopic (exact) mass is 724 g/mol. The number of pyridine rings is 2. The van der Waals surface area contributed by atoms with E-state index in [2.05, 4.69) is 193 Å². The van der Waals surface area contributed by atoms with Crippen LogP contribution in [0.5, 0.6) is 0 Å². The van der Waals surface area contributed by atoms with Gasteiger partial charge in [-0.2, -0.15) is 0 Å². The maximum atomic E-state index is 4.95. The summed E-state index contributed by atoms with van der Waals surface area (Å²) in [6.07, 6.45) is 1.82. The van der Waals surface area contributed by atoms with Crippen molar-refractivity contribution in [3.63, 3.8) is 0 Å². The van der Waals surface area contributed by atoms with Crippen molar-refractivity contribution in [1.29, 1.82) is 0 Å². The van der Waals surface area contributed by atoms with E-state index in [0.29, 0.717) is 0 Å². The van der Waals surface area contributed by atoms with Crippen molar-refractivity contribution in [2.45, 2.75) is 5.41 Å². The zero-order chi connectivity index (χ0) is 37.8. The highest BCUT2D eigenvalue weighted by molar-refractivity contribution is 5.97. The third kappa shape index (κ3) is 5.41. The van der Waals surface area contributed by atoms with E-state index in [9.17, 15) is 0 Å². The first-order valence-electron chi connectivity index (χ1n) is 19.6. The quantitative estimate of drug-likeness (QED) is 0.171. The van der Waals surface area contributed by atoms with Crippen LogP contribution in [0, 0.1) is 0 Å². The average Bonchev–Trinajstić information content (AvgIpc) is 3.59. The van der Waals surface area contributed by atoms with Crippen LogP contribution in [0.1, 0.15) is 22.3 Å². The van der Waals surface area contributed by atoms with E-state index in [1.165, 1.54) is 66.4 Å². The number of hydrogen-bond acceptors (Lipinski definition) is 2. The Labute approximate surface area is 332 Å². The van der Waals surface area contributed by atoms with Gasteiger partial charge in [0.05, 0.1) is 22.3 Å². The number of benzene rings is 8. The van der Waals surface area contributed by atoms with Gasteiger partial charge in [0.15, 0.2) is 0 Å². The summed E-state index contributed by atoms with van der Waals surface area (Å²) >= 11 is 0. The lowest BCUT2D eigenvalue weighted by atomic mass is 9.67. The molecule has 0 spiro atoms. The van der Waals surface area contributed by atoms with Crippen LogP contribution in [0.25, 0.3) is 77.6 Å². The zero-order valence-corrected chi connectivity index (χ0v) is 31.2. The topological polar surface area (TPSA) is 25.8 Å². The Kier molecular flexibility index (Phi) is 7.75. The molecule has 2 nitrogen and oxygen atoms in total. The normalized spacial score (nSPS) is 12.7. The molecule has 0 N–H and O–H groups in total. The van der Waals surface area contributed by atoms with Crippen LogP contribution in [-0.4, -0.2) is 9.97 Å². The molecule has 8 aromatic carbocycles. The number of fused-ring (bicyclic) bond motifs is 5. The molecule has 0 amide bonds. The molecule has 1 aliphatic carbocycles. The number of nitrogens with zero attached hydrogens (tertiary/aromatic N) is 2. The molecule has 0 radical (unpaired) electrons. The molecule has 2 heterocycles. The molecule has 1 aliphatic rings. The molecular formula is C55H36N2. The number of aromatic nitrogens is 2. The lowest BCUT2D eigenvalue weighted by Gasteiger charge is -2.34. The molecule has 0 unspecified atom stereocenters. The summed E-state index contributed by atoms with van der Waals surface area (Å²) in [4.78, 5) is 9.54. The Balaban J connectivity index is 0.988. The Morgan fingerprint density at radius 1 is 0.333 bits per heavy atom. The summed E-state index contributed by atoms with van der Waals surface area (Å²) in [6, 6.07) is 77.2. The van der Waals surface area contributed by atoms with Crippen LogP contribution in [0.2, 0.25) is 0 Å². The summed E-state index contributed by atoms with van der Waals surface area (Å²) in [6.45, 7) is 0. The molecule has 0 saturated carbocycles. The third-order valence-electron chi connectivity index (χ3n) is 11.8. The van der Waals surface area contributed by atoms with Crippen molar-refractivity contribution in [1.82, 2.24) is 9.97 Å². The number of rotatable bonds is 6. The summed E-state index contributed by atoms with van der Waals surface area (Å²) in [5.41, 5.74) is 17.2. The fourth-order valence-electron chi connectivity index (χ4n) is 9.13. The summed E-state index contributed by atoms with van der Waals surface area (Å²) in [5.74, 6) is 0. The number of para-hydroxylation sites is 1. The largest absolute Gasteiger partial charge is 0.255 e. The van der Waals surface area contributed by atoms with Crippen LogP contribution in [0.15, 0.2) is 219 Å². The molecule has 57 heavy (non-hydrogen) atoms. The first kappa shape index (κ1) is 33.0. The lowest BCUT2D eigenvalue weighted by molar-refractivity contribution is 0.769. The highest BCUT2D eigenvalue weighted by Gasteiger charge is 2.46. The highest BCUT2D eigenvalue weighted by Crippen LogP contribution is 2.56. The smallest absolute Gasteiger partial charge is 0.0900 e. The van der Waals surface area contributed by atoms with Gasteiger partial charge in [-0.1, -0.05) is 170 Å². The van der Waals surface area contributed by atoms with Crippen LogP contribution in [-0.2, 0) is 5.41 Å². The van der Waals surface area contributed by atoms with Crippen molar-refractivity contribution >= 4 is 21.7 Å². The Hall–Kier alpha value is -7.42. The molecule has 11 rings (SSSR count). The molecule has 0 fully saturated rings. The van der Waals surface area contributed by atoms with E-state index in [1.54, 1.807) is 0 Å². The Morgan fingerprint density at radius 3 is 1.65 bits per heavy atom. The molecular weight excluding hydrogens is 689 g/mol. The summed E-state index contributed by atoms with van der Waals surface area (Å²) in [5, 5.41) is 3.57. The molecule has 0 aliphatic heterocycles. The van der Waals surface area contributed by atoms with Gasteiger partial charge in [-0.15, -0.1) is 0 Å². The van der Waals surface area contributed by atoms with Crippen LogP contribution >= 0.6 is 0 Å². The molecule has 0 bridgehead atoms. The minimum atomic E-state index is -0.427. The minimum Gasteiger partial charge on any atom is -0.255 e. The van der Waals surface area contributed by atoms with Gasteiger partial charge in [0.2, 0.25) is 0 Å². The standard InChI is InChI=1S/C55H36N2/c1-3-13-44(14-4-1)55(45-15-5-2-6-16-45)50-19-9-7-17-46(50)47-31-30-42(35-51(47)55)41-29-25-38-24-28-40(33-43(38)34-41)37-22-26-39(27-23-37)49-36-54(53-21-11-12-32-56-53)57-52-20-10-8-18-48(49)52/h1-36H. The molecule has 0 saturated heterocycles. The fraction of sp³-hybridized carbons (Fsp3) is 0.0182. The molecule has 10 aromatic rings. The van der Waals surface area contributed by atoms with E-state index in [1.807, 2.05) is 30.5 Å². The predicted octanol–water partition coefficient (Wildman–Crippen LogP) is 13.8. The van der Waals surface area contributed by atoms with Crippen LogP contribution in [0.4, 0.5) is 0 Å². The van der Waals surface area contributed by atoms with Gasteiger partial charge >= 0.3 is 0 Å². The third-order valence-corrected chi connectivity index (χ3v) is 11.8. The van der Waals surface area contributed by atoms with Gasteiger partial charge < -0.3 is 0 Å². The van der Waals surface area contributed by atoms with E-state index in [0.717, 1.165) is 33.4 Å². The first-order valence-corrected chi connectivity index (χ1v) is 19.6. The molecule has 2 heteroatoms. The minimum absolute atomic E-state index is 0.427. The predicted molar refractivity (Wildman–Crippen MR) is 236 cm³/mol. The van der Waals surface area contributed by atoms with E-state index in [4.69, 9.17) is 4.98 Å². The van der Waals surface area contributed by atoms with Gasteiger partial charge in [-0.3, -0.25) is 4.98 Å². The maximum Gasteiger partial charge on any atom is 0.0900 e. The van der Waals surface area contributed by atoms with Crippen molar-refractivity contribution in [2.24, 2.45) is 0 Å². The summed E-state index contributed by atoms with van der Waals surface area (Å²) in [7, 11) is 0. The van der Waals surface area contributed by atoms with Crippen molar-refractivity contribution in [3.05, 3.63) is 241 Å². The number of hydrogen-bond donors (Lipinski definition) is 0. The molecule has 0 atom stereocenters. The van der Waals surface area contributed by atoms with Gasteiger partial charge in [-0.25, -0.2) is 4.98 Å². The van der Waals surface area contributed by atoms with E-state index in [-0.39, 0.29) is 0 Å². The first-order chi connectivity index (χ1) is 28.2. The van der Waals surface area contributed by atoms with Gasteiger partial charge in [0.1, 0.15) is 0 Å². The van der Waals surface area contributed by atoms with E-state index >= 15 is 0 Å². The van der Waals surface area contributed by atoms with Gasteiger partial charge in [0, 0.05) is 11.6 Å². The second-order valence-electron chi connectivity index (χ2n) is 14.9. The Morgan fingerprint density at radius 2 is 0.912 bits per heavy atom. The average molecular weight is 725 g/mol. The summed E-state index contributed by atoms with van der Waals surface area (Å²) < 4.78 is 0. The second-order valence-corrected chi connectivity index (χ2v) is 14.9. The molecule has 266 valence electrons. The van der Waals surface area contributed by atoms with Gasteiger partial charge in [-0.05, 0) is 120 Å². The van der Waals surface area contributed by atoms with Gasteiger partial charge in [0.25, 0.3) is 0 Å². The van der Waals surface area contributed by atoms with E-state index < -0.39 is 5.41 Å². The fourth-order valence-corrected chi connectivity index (χ4v) is 9.13. The van der Waals surface area contributed by atoms with Crippen molar-refractivity contribution in [3.8, 4) is 55.9 Å². The Bertz CT molecular complexity index is 3060. The van der Waals surface area contributed by atoms with Crippen molar-refractivity contribution < 1.29 is 0 Å². The SMILES string of the molecule is c1ccc(C2(c3ccccc3)c3ccccc3-c3ccc(-c4ccc5ccc(-c6ccc(-c7cc(-c8ccccn8)nc8ccccc78)cc6)cc5c4)cc32)cc1. The lowest BCUT2D eigenvalue weighted by Crippen LogP contribution is -2.28. The van der Waals surface area contributed by atoms with Crippen LogP contribution < -0.4 is 0 Å². The maximum absolute atomic E-state index is 4.95. The van der Waals surface area contributed by atoms with Crippen LogP contribution in [0.3, 0.4) is 0 Å². The zero-order valence-electron chi connectivity index (χ0n) is 31.2. The highest BCUT2D eigenvalue weighted by atomic mass is 14.8.